The number of nitriles is 1. The summed E-state index contributed by atoms with van der Waals surface area (Å²) >= 11 is 0. The van der Waals surface area contributed by atoms with Gasteiger partial charge in [-0.3, -0.25) is 4.79 Å². The maximum absolute atomic E-state index is 12.2. The van der Waals surface area contributed by atoms with Crippen molar-refractivity contribution in [3.05, 3.63) is 24.0 Å². The molecule has 2 heterocycles. The first kappa shape index (κ1) is 13.3. The van der Waals surface area contributed by atoms with Crippen LogP contribution >= 0.6 is 0 Å². The summed E-state index contributed by atoms with van der Waals surface area (Å²) in [6, 6.07) is 5.35. The van der Waals surface area contributed by atoms with Gasteiger partial charge in [-0.1, -0.05) is 0 Å². The van der Waals surface area contributed by atoms with Gasteiger partial charge in [0.15, 0.2) is 0 Å². The third-order valence-electron chi connectivity index (χ3n) is 3.16. The Hall–Kier alpha value is -2.13. The summed E-state index contributed by atoms with van der Waals surface area (Å²) < 4.78 is 0. The molecule has 0 aromatic carbocycles. The van der Waals surface area contributed by atoms with Crippen LogP contribution in [0.4, 0.5) is 5.69 Å². The minimum Gasteiger partial charge on any atom is -0.357 e. The van der Waals surface area contributed by atoms with E-state index in [0.717, 1.165) is 18.8 Å². The maximum Gasteiger partial charge on any atom is 0.246 e. The second-order valence-corrected chi connectivity index (χ2v) is 4.66. The molecule has 1 N–H and O–H groups in total. The molecule has 0 aliphatic carbocycles. The van der Waals surface area contributed by atoms with Crippen molar-refractivity contribution in [2.24, 2.45) is 0 Å². The van der Waals surface area contributed by atoms with E-state index in [1.165, 1.54) is 0 Å². The molecule has 1 fully saturated rings. The highest BCUT2D eigenvalue weighted by Crippen LogP contribution is 2.19. The average Bonchev–Trinajstić information content (AvgIpc) is 2.46. The van der Waals surface area contributed by atoms with Gasteiger partial charge in [0.05, 0.1) is 0 Å². The number of aromatic nitrogens is 1. The fraction of sp³-hybridized carbons (Fsp3) is 0.462. The Balaban J connectivity index is 2.29. The van der Waals surface area contributed by atoms with E-state index in [1.54, 1.807) is 31.3 Å². The van der Waals surface area contributed by atoms with Crippen LogP contribution in [0.3, 0.4) is 0 Å². The van der Waals surface area contributed by atoms with E-state index in [9.17, 15) is 4.79 Å². The summed E-state index contributed by atoms with van der Waals surface area (Å²) in [6.07, 6.45) is 1.60. The lowest BCUT2D eigenvalue weighted by atomic mass is 10.1. The van der Waals surface area contributed by atoms with Gasteiger partial charge in [0, 0.05) is 45.6 Å². The van der Waals surface area contributed by atoms with E-state index < -0.39 is 0 Å². The van der Waals surface area contributed by atoms with E-state index in [-0.39, 0.29) is 11.9 Å². The van der Waals surface area contributed by atoms with E-state index in [2.05, 4.69) is 10.3 Å². The minimum absolute atomic E-state index is 0.0579. The number of hydrogen-bond donors (Lipinski definition) is 1. The molecule has 1 aliphatic heterocycles. The number of piperazine rings is 1. The molecule has 1 aliphatic rings. The van der Waals surface area contributed by atoms with E-state index in [4.69, 9.17) is 5.26 Å². The molecule has 1 unspecified atom stereocenters. The van der Waals surface area contributed by atoms with E-state index in [1.807, 2.05) is 17.0 Å². The van der Waals surface area contributed by atoms with Crippen LogP contribution in [0.1, 0.15) is 5.69 Å². The van der Waals surface area contributed by atoms with Crippen LogP contribution in [0, 0.1) is 11.3 Å². The summed E-state index contributed by atoms with van der Waals surface area (Å²) in [4.78, 5) is 19.8. The molecule has 1 aromatic heterocycles. The Morgan fingerprint density at radius 3 is 3.11 bits per heavy atom. The summed E-state index contributed by atoms with van der Waals surface area (Å²) in [6.45, 7) is 2.17. The molecule has 1 aromatic rings. The number of nitrogens with zero attached hydrogens (tertiary/aromatic N) is 4. The molecular weight excluding hydrogens is 242 g/mol. The Morgan fingerprint density at radius 1 is 1.63 bits per heavy atom. The fourth-order valence-electron chi connectivity index (χ4n) is 2.19. The molecule has 2 rings (SSSR count). The highest BCUT2D eigenvalue weighted by Gasteiger charge is 2.30. The highest BCUT2D eigenvalue weighted by atomic mass is 16.2. The number of nitrogens with one attached hydrogen (secondary N) is 1. The molecule has 1 saturated heterocycles. The molecule has 0 spiro atoms. The van der Waals surface area contributed by atoms with Crippen molar-refractivity contribution in [2.45, 2.75) is 6.04 Å². The fourth-order valence-corrected chi connectivity index (χ4v) is 2.19. The highest BCUT2D eigenvalue weighted by molar-refractivity contribution is 5.85. The normalized spacial score (nSPS) is 18.8. The Labute approximate surface area is 112 Å². The van der Waals surface area contributed by atoms with Crippen molar-refractivity contribution < 1.29 is 4.79 Å². The molecule has 0 bridgehead atoms. The molecule has 6 nitrogen and oxygen atoms in total. The zero-order valence-corrected chi connectivity index (χ0v) is 11.1. The Morgan fingerprint density at radius 2 is 2.42 bits per heavy atom. The molecule has 6 heteroatoms. The van der Waals surface area contributed by atoms with Crippen molar-refractivity contribution in [2.75, 3.05) is 38.6 Å². The van der Waals surface area contributed by atoms with Crippen LogP contribution in [0.15, 0.2) is 18.3 Å². The Kier molecular flexibility index (Phi) is 3.97. The van der Waals surface area contributed by atoms with E-state index >= 15 is 0 Å². The topological polar surface area (TPSA) is 72.3 Å². The number of rotatable bonds is 2. The third kappa shape index (κ3) is 2.83. The van der Waals surface area contributed by atoms with Gasteiger partial charge in [-0.15, -0.1) is 0 Å². The molecule has 0 radical (unpaired) electrons. The van der Waals surface area contributed by atoms with Crippen molar-refractivity contribution in [1.82, 2.24) is 15.2 Å². The van der Waals surface area contributed by atoms with Gasteiger partial charge in [0.25, 0.3) is 0 Å². The lowest BCUT2D eigenvalue weighted by Crippen LogP contribution is -2.57. The third-order valence-corrected chi connectivity index (χ3v) is 3.16. The number of carbonyl (C=O) groups is 1. The summed E-state index contributed by atoms with van der Waals surface area (Å²) in [5.41, 5.74) is 1.24. The van der Waals surface area contributed by atoms with Gasteiger partial charge in [-0.05, 0) is 12.1 Å². The van der Waals surface area contributed by atoms with Crippen LogP contribution in [0.5, 0.6) is 0 Å². The van der Waals surface area contributed by atoms with Crippen LogP contribution in [-0.2, 0) is 4.79 Å². The zero-order chi connectivity index (χ0) is 13.8. The molecule has 1 atom stereocenters. The van der Waals surface area contributed by atoms with Gasteiger partial charge < -0.3 is 15.1 Å². The van der Waals surface area contributed by atoms with Crippen molar-refractivity contribution >= 4 is 11.6 Å². The number of amides is 1. The maximum atomic E-state index is 12.2. The first-order valence-corrected chi connectivity index (χ1v) is 6.18. The molecule has 1 amide bonds. The molecule has 0 saturated carbocycles. The first-order valence-electron chi connectivity index (χ1n) is 6.18. The lowest BCUT2D eigenvalue weighted by Gasteiger charge is -2.38. The molecule has 100 valence electrons. The first-order chi connectivity index (χ1) is 9.13. The quantitative estimate of drug-likeness (QED) is 0.797. The van der Waals surface area contributed by atoms with Crippen molar-refractivity contribution in [1.29, 1.82) is 5.26 Å². The standard InChI is InChI=1S/C13H17N5O/c1-17(2)13(19)12-9-15-5-6-18(12)11-3-4-16-10(7-11)8-14/h3-4,7,12,15H,5-6,9H2,1-2H3. The number of likely N-dealkylation sites (N-methyl/N-ethyl adjacent to an activating group) is 1. The number of hydrogen-bond acceptors (Lipinski definition) is 5. The second-order valence-electron chi connectivity index (χ2n) is 4.66. The summed E-state index contributed by atoms with van der Waals surface area (Å²) in [7, 11) is 3.50. The van der Waals surface area contributed by atoms with Gasteiger partial charge in [0.1, 0.15) is 17.8 Å². The van der Waals surface area contributed by atoms with Crippen molar-refractivity contribution in [3.8, 4) is 6.07 Å². The minimum atomic E-state index is -0.238. The van der Waals surface area contributed by atoms with Gasteiger partial charge >= 0.3 is 0 Å². The average molecular weight is 259 g/mol. The molecule has 19 heavy (non-hydrogen) atoms. The van der Waals surface area contributed by atoms with Crippen LogP contribution in [0.25, 0.3) is 0 Å². The predicted molar refractivity (Wildman–Crippen MR) is 71.6 cm³/mol. The van der Waals surface area contributed by atoms with E-state index in [0.29, 0.717) is 12.2 Å². The van der Waals surface area contributed by atoms with Gasteiger partial charge in [0.2, 0.25) is 5.91 Å². The Bertz CT molecular complexity index is 508. The van der Waals surface area contributed by atoms with Gasteiger partial charge in [-0.25, -0.2) is 4.98 Å². The van der Waals surface area contributed by atoms with Crippen molar-refractivity contribution in [3.63, 3.8) is 0 Å². The van der Waals surface area contributed by atoms with Crippen LogP contribution in [-0.4, -0.2) is 55.6 Å². The number of pyridine rings is 1. The SMILES string of the molecule is CN(C)C(=O)C1CNCCN1c1ccnc(C#N)c1. The van der Waals surface area contributed by atoms with Crippen LogP contribution in [0.2, 0.25) is 0 Å². The predicted octanol–water partition coefficient (Wildman–Crippen LogP) is -0.180. The lowest BCUT2D eigenvalue weighted by molar-refractivity contribution is -0.130. The smallest absolute Gasteiger partial charge is 0.246 e. The number of anilines is 1. The summed E-state index contributed by atoms with van der Waals surface area (Å²) in [5.74, 6) is 0.0579. The second kappa shape index (κ2) is 5.67. The van der Waals surface area contributed by atoms with Gasteiger partial charge in [-0.2, -0.15) is 5.26 Å². The zero-order valence-electron chi connectivity index (χ0n) is 11.1. The monoisotopic (exact) mass is 259 g/mol. The van der Waals surface area contributed by atoms with Crippen LogP contribution < -0.4 is 10.2 Å². The summed E-state index contributed by atoms with van der Waals surface area (Å²) in [5, 5.41) is 12.1. The molecular formula is C13H17N5O. The largest absolute Gasteiger partial charge is 0.357 e. The number of carbonyl (C=O) groups excluding carboxylic acids is 1.